The number of carbonyl (C=O) groups is 2. The second-order valence-electron chi connectivity index (χ2n) is 7.45. The van der Waals surface area contributed by atoms with Gasteiger partial charge in [0.15, 0.2) is 0 Å². The summed E-state index contributed by atoms with van der Waals surface area (Å²) >= 11 is 3.23. The molecule has 2 aromatic rings. The van der Waals surface area contributed by atoms with E-state index in [-0.39, 0.29) is 29.7 Å². The molecule has 0 saturated carbocycles. The van der Waals surface area contributed by atoms with Gasteiger partial charge < -0.3 is 14.4 Å². The summed E-state index contributed by atoms with van der Waals surface area (Å²) < 4.78 is 24.7. The normalized spacial score (nSPS) is 11.1. The first kappa shape index (κ1) is 22.8. The van der Waals surface area contributed by atoms with E-state index in [1.54, 1.807) is 19.2 Å². The van der Waals surface area contributed by atoms with Crippen LogP contribution in [0.25, 0.3) is 0 Å². The van der Waals surface area contributed by atoms with E-state index >= 15 is 0 Å². The van der Waals surface area contributed by atoms with Crippen LogP contribution in [0, 0.1) is 5.82 Å². The maximum Gasteiger partial charge on any atom is 0.306 e. The number of amides is 1. The Kier molecular flexibility index (Phi) is 7.73. The molecule has 0 saturated heterocycles. The van der Waals surface area contributed by atoms with Crippen molar-refractivity contribution in [1.82, 2.24) is 9.88 Å². The van der Waals surface area contributed by atoms with Gasteiger partial charge in [-0.1, -0.05) is 0 Å². The highest BCUT2D eigenvalue weighted by Gasteiger charge is 2.20. The van der Waals surface area contributed by atoms with Crippen LogP contribution in [0.5, 0.6) is 11.6 Å². The van der Waals surface area contributed by atoms with E-state index in [0.717, 1.165) is 0 Å². The van der Waals surface area contributed by atoms with Gasteiger partial charge >= 0.3 is 5.97 Å². The second kappa shape index (κ2) is 9.82. The molecule has 1 aromatic carbocycles. The SMILES string of the molecule is CN(CCCC(=O)OC(C)(C)C)C(=O)c1cccnc1Oc1ccc(F)cc1Br. The molecule has 0 N–H and O–H groups in total. The summed E-state index contributed by atoms with van der Waals surface area (Å²) in [6.07, 6.45) is 2.19. The predicted octanol–water partition coefficient (Wildman–Crippen LogP) is 4.97. The first-order chi connectivity index (χ1) is 13.6. The number of hydrogen-bond acceptors (Lipinski definition) is 5. The van der Waals surface area contributed by atoms with Gasteiger partial charge in [0, 0.05) is 26.2 Å². The van der Waals surface area contributed by atoms with E-state index in [2.05, 4.69) is 20.9 Å². The fourth-order valence-corrected chi connectivity index (χ4v) is 2.89. The van der Waals surface area contributed by atoms with Crippen LogP contribution in [-0.4, -0.2) is 41.0 Å². The van der Waals surface area contributed by atoms with Crippen LogP contribution in [0.2, 0.25) is 0 Å². The van der Waals surface area contributed by atoms with Crippen molar-refractivity contribution in [2.75, 3.05) is 13.6 Å². The largest absolute Gasteiger partial charge is 0.460 e. The summed E-state index contributed by atoms with van der Waals surface area (Å²) in [7, 11) is 1.64. The standard InChI is InChI=1S/C21H24BrFN2O4/c1-21(2,3)29-18(26)8-6-12-25(4)20(27)15-7-5-11-24-19(15)28-17-10-9-14(23)13-16(17)22/h5,7,9-11,13H,6,8,12H2,1-4H3. The van der Waals surface area contributed by atoms with Crippen molar-refractivity contribution in [2.24, 2.45) is 0 Å². The lowest BCUT2D eigenvalue weighted by atomic mass is 10.2. The van der Waals surface area contributed by atoms with Crippen LogP contribution in [-0.2, 0) is 9.53 Å². The third kappa shape index (κ3) is 7.12. The molecule has 0 aliphatic heterocycles. The second-order valence-corrected chi connectivity index (χ2v) is 8.30. The molecule has 156 valence electrons. The number of pyridine rings is 1. The molecule has 0 atom stereocenters. The van der Waals surface area contributed by atoms with Gasteiger partial charge in [-0.3, -0.25) is 9.59 Å². The van der Waals surface area contributed by atoms with Gasteiger partial charge in [-0.25, -0.2) is 9.37 Å². The van der Waals surface area contributed by atoms with Crippen LogP contribution in [0.1, 0.15) is 44.0 Å². The van der Waals surface area contributed by atoms with Gasteiger partial charge in [0.05, 0.1) is 4.47 Å². The summed E-state index contributed by atoms with van der Waals surface area (Å²) in [5, 5.41) is 0. The van der Waals surface area contributed by atoms with Crippen molar-refractivity contribution < 1.29 is 23.5 Å². The molecule has 0 unspecified atom stereocenters. The Balaban J connectivity index is 2.02. The van der Waals surface area contributed by atoms with E-state index in [1.807, 2.05) is 20.8 Å². The molecular formula is C21H24BrFN2O4. The first-order valence-corrected chi connectivity index (χ1v) is 9.91. The number of benzene rings is 1. The zero-order valence-electron chi connectivity index (χ0n) is 16.9. The van der Waals surface area contributed by atoms with Crippen LogP contribution in [0.15, 0.2) is 41.0 Å². The van der Waals surface area contributed by atoms with E-state index in [0.29, 0.717) is 23.2 Å². The number of esters is 1. The van der Waals surface area contributed by atoms with Crippen LogP contribution in [0.4, 0.5) is 4.39 Å². The minimum atomic E-state index is -0.532. The fourth-order valence-electron chi connectivity index (χ4n) is 2.46. The number of carbonyl (C=O) groups excluding carboxylic acids is 2. The molecule has 0 aliphatic carbocycles. The maximum absolute atomic E-state index is 13.3. The van der Waals surface area contributed by atoms with E-state index in [9.17, 15) is 14.0 Å². The van der Waals surface area contributed by atoms with Crippen molar-refractivity contribution >= 4 is 27.8 Å². The van der Waals surface area contributed by atoms with Gasteiger partial charge in [-0.05, 0) is 73.5 Å². The first-order valence-electron chi connectivity index (χ1n) is 9.12. The molecule has 1 aromatic heterocycles. The molecule has 6 nitrogen and oxygen atoms in total. The van der Waals surface area contributed by atoms with Gasteiger partial charge in [-0.2, -0.15) is 0 Å². The number of hydrogen-bond donors (Lipinski definition) is 0. The molecular weight excluding hydrogens is 443 g/mol. The Labute approximate surface area is 178 Å². The van der Waals surface area contributed by atoms with Crippen molar-refractivity contribution in [3.8, 4) is 11.6 Å². The molecule has 1 amide bonds. The molecule has 29 heavy (non-hydrogen) atoms. The lowest BCUT2D eigenvalue weighted by Gasteiger charge is -2.21. The molecule has 2 rings (SSSR count). The Morgan fingerprint density at radius 1 is 1.24 bits per heavy atom. The number of aromatic nitrogens is 1. The zero-order chi connectivity index (χ0) is 21.6. The monoisotopic (exact) mass is 466 g/mol. The topological polar surface area (TPSA) is 68.7 Å². The predicted molar refractivity (Wildman–Crippen MR) is 110 cm³/mol. The highest BCUT2D eigenvalue weighted by Crippen LogP contribution is 2.31. The van der Waals surface area contributed by atoms with Crippen molar-refractivity contribution in [2.45, 2.75) is 39.2 Å². The Hall–Kier alpha value is -2.48. The Morgan fingerprint density at radius 2 is 1.97 bits per heavy atom. The molecule has 0 spiro atoms. The van der Waals surface area contributed by atoms with Crippen LogP contribution >= 0.6 is 15.9 Å². The highest BCUT2D eigenvalue weighted by molar-refractivity contribution is 9.10. The Bertz CT molecular complexity index is 883. The van der Waals surface area contributed by atoms with E-state index < -0.39 is 11.4 Å². The Morgan fingerprint density at radius 3 is 2.62 bits per heavy atom. The molecule has 0 bridgehead atoms. The number of nitrogens with zero attached hydrogens (tertiary/aromatic N) is 2. The minimum absolute atomic E-state index is 0.115. The fraction of sp³-hybridized carbons (Fsp3) is 0.381. The number of rotatable bonds is 7. The summed E-state index contributed by atoms with van der Waals surface area (Å²) in [6.45, 7) is 5.80. The van der Waals surface area contributed by atoms with Crippen LogP contribution < -0.4 is 4.74 Å². The third-order valence-electron chi connectivity index (χ3n) is 3.74. The third-order valence-corrected chi connectivity index (χ3v) is 4.36. The average Bonchev–Trinajstić information content (AvgIpc) is 2.62. The number of halogens is 2. The summed E-state index contributed by atoms with van der Waals surface area (Å²) in [4.78, 5) is 30.2. The van der Waals surface area contributed by atoms with Crippen molar-refractivity contribution in [3.63, 3.8) is 0 Å². The quantitative estimate of drug-likeness (QED) is 0.538. The lowest BCUT2D eigenvalue weighted by molar-refractivity contribution is -0.154. The molecule has 0 radical (unpaired) electrons. The van der Waals surface area contributed by atoms with Crippen molar-refractivity contribution in [3.05, 3.63) is 52.4 Å². The lowest BCUT2D eigenvalue weighted by Crippen LogP contribution is -2.29. The smallest absolute Gasteiger partial charge is 0.306 e. The zero-order valence-corrected chi connectivity index (χ0v) is 18.5. The summed E-state index contributed by atoms with van der Waals surface area (Å²) in [5.41, 5.74) is -0.265. The molecule has 0 aliphatic rings. The van der Waals surface area contributed by atoms with Gasteiger partial charge in [0.2, 0.25) is 5.88 Å². The highest BCUT2D eigenvalue weighted by atomic mass is 79.9. The minimum Gasteiger partial charge on any atom is -0.460 e. The van der Waals surface area contributed by atoms with E-state index in [4.69, 9.17) is 9.47 Å². The average molecular weight is 467 g/mol. The molecule has 8 heteroatoms. The van der Waals surface area contributed by atoms with Crippen molar-refractivity contribution in [1.29, 1.82) is 0 Å². The summed E-state index contributed by atoms with van der Waals surface area (Å²) in [5.74, 6) is -0.553. The van der Waals surface area contributed by atoms with Gasteiger partial charge in [-0.15, -0.1) is 0 Å². The van der Waals surface area contributed by atoms with Crippen LogP contribution in [0.3, 0.4) is 0 Å². The maximum atomic E-state index is 13.3. The van der Waals surface area contributed by atoms with Gasteiger partial charge in [0.25, 0.3) is 5.91 Å². The van der Waals surface area contributed by atoms with Gasteiger partial charge in [0.1, 0.15) is 22.7 Å². The molecule has 1 heterocycles. The number of ether oxygens (including phenoxy) is 2. The molecule has 0 fully saturated rings. The summed E-state index contributed by atoms with van der Waals surface area (Å²) in [6, 6.07) is 7.21. The van der Waals surface area contributed by atoms with E-state index in [1.165, 1.54) is 29.3 Å².